The second-order valence-electron chi connectivity index (χ2n) is 3.94. The van der Waals surface area contributed by atoms with Crippen molar-refractivity contribution in [1.82, 2.24) is 0 Å². The van der Waals surface area contributed by atoms with Crippen molar-refractivity contribution in [2.75, 3.05) is 0 Å². The van der Waals surface area contributed by atoms with E-state index in [4.69, 9.17) is 5.11 Å². The summed E-state index contributed by atoms with van der Waals surface area (Å²) < 4.78 is 0. The second kappa shape index (κ2) is 2.50. The highest BCUT2D eigenvalue weighted by molar-refractivity contribution is 5.67. The lowest BCUT2D eigenvalue weighted by Gasteiger charge is -2.35. The van der Waals surface area contributed by atoms with Crippen molar-refractivity contribution >= 4 is 5.97 Å². The topological polar surface area (TPSA) is 37.3 Å². The van der Waals surface area contributed by atoms with E-state index in [-0.39, 0.29) is 0 Å². The molecule has 0 spiro atoms. The fraction of sp³-hybridized carbons (Fsp3) is 0.889. The van der Waals surface area contributed by atoms with Crippen molar-refractivity contribution < 1.29 is 9.90 Å². The number of hydrogen-bond acceptors (Lipinski definition) is 1. The highest BCUT2D eigenvalue weighted by Crippen LogP contribution is 2.51. The van der Waals surface area contributed by atoms with E-state index in [0.29, 0.717) is 12.3 Å². The normalized spacial score (nSPS) is 36.4. The molecular weight excluding hydrogens is 140 g/mol. The van der Waals surface area contributed by atoms with Crippen LogP contribution in [-0.4, -0.2) is 11.1 Å². The average molecular weight is 154 g/mol. The number of aliphatic carboxylic acids is 1. The van der Waals surface area contributed by atoms with Gasteiger partial charge in [-0.1, -0.05) is 0 Å². The van der Waals surface area contributed by atoms with E-state index in [9.17, 15) is 4.79 Å². The van der Waals surface area contributed by atoms with Gasteiger partial charge in [0.15, 0.2) is 0 Å². The van der Waals surface area contributed by atoms with E-state index in [2.05, 4.69) is 0 Å². The molecule has 2 nitrogen and oxygen atoms in total. The van der Waals surface area contributed by atoms with Crippen LogP contribution >= 0.6 is 0 Å². The molecular formula is C9H14O2. The van der Waals surface area contributed by atoms with Crippen molar-refractivity contribution in [3.05, 3.63) is 0 Å². The molecule has 2 aliphatic carbocycles. The molecule has 0 heterocycles. The Morgan fingerprint density at radius 1 is 1.27 bits per heavy atom. The standard InChI is InChI=1S/C9H14O2/c10-9(11)5-7-3-4-8(7)6-1-2-6/h6-8H,1-5H2,(H,10,11). The predicted octanol–water partition coefficient (Wildman–Crippen LogP) is 1.90. The summed E-state index contributed by atoms with van der Waals surface area (Å²) in [5.41, 5.74) is 0. The third-order valence-electron chi connectivity index (χ3n) is 3.14. The first-order valence-electron chi connectivity index (χ1n) is 4.49. The highest BCUT2D eigenvalue weighted by atomic mass is 16.4. The van der Waals surface area contributed by atoms with Gasteiger partial charge in [0, 0.05) is 6.42 Å². The van der Waals surface area contributed by atoms with Gasteiger partial charge in [0.25, 0.3) is 0 Å². The van der Waals surface area contributed by atoms with Crippen LogP contribution in [0, 0.1) is 17.8 Å². The monoisotopic (exact) mass is 154 g/mol. The van der Waals surface area contributed by atoms with E-state index in [1.807, 2.05) is 0 Å². The van der Waals surface area contributed by atoms with Gasteiger partial charge in [0.1, 0.15) is 0 Å². The molecule has 2 rings (SSSR count). The lowest BCUT2D eigenvalue weighted by atomic mass is 9.69. The average Bonchev–Trinajstić information content (AvgIpc) is 2.64. The molecule has 11 heavy (non-hydrogen) atoms. The van der Waals surface area contributed by atoms with E-state index in [1.54, 1.807) is 0 Å². The van der Waals surface area contributed by atoms with Crippen LogP contribution in [0.2, 0.25) is 0 Å². The maximum Gasteiger partial charge on any atom is 0.303 e. The molecule has 0 amide bonds. The van der Waals surface area contributed by atoms with E-state index in [0.717, 1.165) is 18.3 Å². The second-order valence-corrected chi connectivity index (χ2v) is 3.94. The minimum Gasteiger partial charge on any atom is -0.481 e. The van der Waals surface area contributed by atoms with Crippen LogP contribution in [0.15, 0.2) is 0 Å². The Hall–Kier alpha value is -0.530. The molecule has 0 bridgehead atoms. The third kappa shape index (κ3) is 1.39. The number of carboxylic acid groups (broad SMARTS) is 1. The van der Waals surface area contributed by atoms with Gasteiger partial charge in [0.2, 0.25) is 0 Å². The molecule has 0 aliphatic heterocycles. The van der Waals surface area contributed by atoms with Gasteiger partial charge in [-0.2, -0.15) is 0 Å². The molecule has 2 fully saturated rings. The zero-order valence-corrected chi connectivity index (χ0v) is 6.62. The van der Waals surface area contributed by atoms with E-state index in [1.165, 1.54) is 19.3 Å². The van der Waals surface area contributed by atoms with Crippen molar-refractivity contribution in [3.8, 4) is 0 Å². The summed E-state index contributed by atoms with van der Waals surface area (Å²) in [5.74, 6) is 1.61. The summed E-state index contributed by atoms with van der Waals surface area (Å²) in [6.07, 6.45) is 5.60. The van der Waals surface area contributed by atoms with Gasteiger partial charge in [-0.25, -0.2) is 0 Å². The zero-order valence-electron chi connectivity index (χ0n) is 6.62. The van der Waals surface area contributed by atoms with Crippen LogP contribution in [-0.2, 0) is 4.79 Å². The summed E-state index contributed by atoms with van der Waals surface area (Å²) in [4.78, 5) is 10.4. The smallest absolute Gasteiger partial charge is 0.303 e. The summed E-state index contributed by atoms with van der Waals surface area (Å²) in [7, 11) is 0. The number of hydrogen-bond donors (Lipinski definition) is 1. The third-order valence-corrected chi connectivity index (χ3v) is 3.14. The highest BCUT2D eigenvalue weighted by Gasteiger charge is 2.42. The summed E-state index contributed by atoms with van der Waals surface area (Å²) in [6, 6.07) is 0. The number of rotatable bonds is 3. The van der Waals surface area contributed by atoms with Gasteiger partial charge < -0.3 is 5.11 Å². The van der Waals surface area contributed by atoms with Crippen molar-refractivity contribution in [2.24, 2.45) is 17.8 Å². The molecule has 0 saturated heterocycles. The SMILES string of the molecule is O=C(O)CC1CCC1C1CC1. The zero-order chi connectivity index (χ0) is 7.84. The van der Waals surface area contributed by atoms with Crippen LogP contribution in [0.3, 0.4) is 0 Å². The molecule has 0 aromatic heterocycles. The minimum atomic E-state index is -0.611. The lowest BCUT2D eigenvalue weighted by Crippen LogP contribution is -2.29. The van der Waals surface area contributed by atoms with Crippen LogP contribution < -0.4 is 0 Å². The summed E-state index contributed by atoms with van der Waals surface area (Å²) >= 11 is 0. The first-order valence-corrected chi connectivity index (χ1v) is 4.49. The Labute approximate surface area is 66.6 Å². The molecule has 0 radical (unpaired) electrons. The molecule has 62 valence electrons. The number of carbonyl (C=O) groups is 1. The fourth-order valence-corrected chi connectivity index (χ4v) is 2.22. The molecule has 2 atom stereocenters. The van der Waals surface area contributed by atoms with Crippen LogP contribution in [0.25, 0.3) is 0 Å². The Morgan fingerprint density at radius 2 is 2.00 bits per heavy atom. The fourth-order valence-electron chi connectivity index (χ4n) is 2.22. The Bertz CT molecular complexity index is 172. The first-order chi connectivity index (χ1) is 5.27. The Morgan fingerprint density at radius 3 is 2.36 bits per heavy atom. The van der Waals surface area contributed by atoms with Crippen LogP contribution in [0.4, 0.5) is 0 Å². The van der Waals surface area contributed by atoms with Crippen molar-refractivity contribution in [1.29, 1.82) is 0 Å². The van der Waals surface area contributed by atoms with Crippen LogP contribution in [0.5, 0.6) is 0 Å². The van der Waals surface area contributed by atoms with Crippen molar-refractivity contribution in [2.45, 2.75) is 32.1 Å². The minimum absolute atomic E-state index is 0.418. The summed E-state index contributed by atoms with van der Waals surface area (Å²) in [6.45, 7) is 0. The maximum absolute atomic E-state index is 10.4. The Kier molecular flexibility index (Phi) is 1.63. The van der Waals surface area contributed by atoms with Gasteiger partial charge in [0.05, 0.1) is 0 Å². The molecule has 2 unspecified atom stereocenters. The van der Waals surface area contributed by atoms with Gasteiger partial charge in [-0.05, 0) is 43.4 Å². The molecule has 2 heteroatoms. The van der Waals surface area contributed by atoms with Crippen LogP contribution in [0.1, 0.15) is 32.1 Å². The summed E-state index contributed by atoms with van der Waals surface area (Å²) in [5, 5.41) is 8.57. The largest absolute Gasteiger partial charge is 0.481 e. The molecule has 0 aromatic rings. The van der Waals surface area contributed by atoms with Gasteiger partial charge >= 0.3 is 5.97 Å². The number of carboxylic acids is 1. The lowest BCUT2D eigenvalue weighted by molar-refractivity contribution is -0.139. The first kappa shape index (κ1) is 7.14. The van der Waals surface area contributed by atoms with Gasteiger partial charge in [-0.3, -0.25) is 4.79 Å². The molecule has 2 aliphatic rings. The molecule has 2 saturated carbocycles. The Balaban J connectivity index is 1.80. The van der Waals surface area contributed by atoms with Crippen molar-refractivity contribution in [3.63, 3.8) is 0 Å². The van der Waals surface area contributed by atoms with Gasteiger partial charge in [-0.15, -0.1) is 0 Å². The predicted molar refractivity (Wildman–Crippen MR) is 41.2 cm³/mol. The van der Waals surface area contributed by atoms with E-state index >= 15 is 0 Å². The molecule has 1 N–H and O–H groups in total. The quantitative estimate of drug-likeness (QED) is 0.674. The maximum atomic E-state index is 10.4. The van der Waals surface area contributed by atoms with E-state index < -0.39 is 5.97 Å². The molecule has 0 aromatic carbocycles.